The molecule has 0 amide bonds. The number of aromatic amines is 1. The van der Waals surface area contributed by atoms with E-state index in [1.165, 1.54) is 55.5 Å². The predicted octanol–water partition coefficient (Wildman–Crippen LogP) is 7.05. The third-order valence-corrected chi connectivity index (χ3v) is 6.06. The number of nitrogens with one attached hydrogen (secondary N) is 1. The second-order valence-corrected chi connectivity index (χ2v) is 7.60. The standard InChI is InChI=1S/C26H17N3/c1-2-8-18(9-3-1)29-22-12-6-7-17-15-16-28(25(17)22)26-23(29)14-13-20-19-10-4-5-11-21(19)27-24(20)26/h1-16,27H. The topological polar surface area (TPSA) is 24.0 Å². The van der Waals surface area contributed by atoms with Crippen LogP contribution in [0, 0.1) is 0 Å². The van der Waals surface area contributed by atoms with Gasteiger partial charge in [-0.2, -0.15) is 0 Å². The van der Waals surface area contributed by atoms with Gasteiger partial charge >= 0.3 is 0 Å². The first kappa shape index (κ1) is 15.0. The molecule has 2 aromatic heterocycles. The third-order valence-electron chi connectivity index (χ3n) is 6.06. The fraction of sp³-hybridized carbons (Fsp3) is 0. The molecule has 0 saturated heterocycles. The van der Waals surface area contributed by atoms with Crippen LogP contribution in [-0.2, 0) is 0 Å². The summed E-state index contributed by atoms with van der Waals surface area (Å²) in [6.45, 7) is 0. The molecule has 0 spiro atoms. The van der Waals surface area contributed by atoms with Crippen LogP contribution in [0.15, 0.2) is 97.2 Å². The summed E-state index contributed by atoms with van der Waals surface area (Å²) in [5, 5.41) is 3.77. The minimum absolute atomic E-state index is 1.17. The van der Waals surface area contributed by atoms with Gasteiger partial charge in [0.2, 0.25) is 0 Å². The van der Waals surface area contributed by atoms with Crippen LogP contribution in [0.1, 0.15) is 0 Å². The van der Waals surface area contributed by atoms with E-state index in [-0.39, 0.29) is 0 Å². The van der Waals surface area contributed by atoms with E-state index in [1.807, 2.05) is 0 Å². The molecule has 3 nitrogen and oxygen atoms in total. The lowest BCUT2D eigenvalue weighted by atomic mass is 10.1. The van der Waals surface area contributed by atoms with Crippen molar-refractivity contribution >= 4 is 49.8 Å². The Morgan fingerprint density at radius 3 is 2.41 bits per heavy atom. The molecule has 7 rings (SSSR count). The Balaban J connectivity index is 1.69. The van der Waals surface area contributed by atoms with Crippen LogP contribution in [0.5, 0.6) is 0 Å². The Morgan fingerprint density at radius 2 is 1.48 bits per heavy atom. The number of nitrogens with zero attached hydrogens (tertiary/aromatic N) is 2. The highest BCUT2D eigenvalue weighted by atomic mass is 15.2. The van der Waals surface area contributed by atoms with Crippen molar-refractivity contribution in [3.63, 3.8) is 0 Å². The van der Waals surface area contributed by atoms with E-state index in [0.717, 1.165) is 0 Å². The first-order valence-electron chi connectivity index (χ1n) is 9.89. The number of fused-ring (bicyclic) bond motifs is 6. The Kier molecular flexibility index (Phi) is 2.74. The number of benzene rings is 4. The van der Waals surface area contributed by atoms with Crippen LogP contribution in [0.3, 0.4) is 0 Å². The molecule has 0 unspecified atom stereocenters. The van der Waals surface area contributed by atoms with Gasteiger partial charge in [0.15, 0.2) is 0 Å². The summed E-state index contributed by atoms with van der Waals surface area (Å²) >= 11 is 0. The van der Waals surface area contributed by atoms with Gasteiger partial charge in [-0.3, -0.25) is 0 Å². The second-order valence-electron chi connectivity index (χ2n) is 7.60. The summed E-state index contributed by atoms with van der Waals surface area (Å²) < 4.78 is 2.34. The summed E-state index contributed by atoms with van der Waals surface area (Å²) in [5.41, 5.74) is 8.37. The van der Waals surface area contributed by atoms with Crippen molar-refractivity contribution in [2.24, 2.45) is 0 Å². The molecule has 1 aliphatic heterocycles. The highest BCUT2D eigenvalue weighted by Gasteiger charge is 2.28. The Labute approximate surface area is 167 Å². The number of H-pyrrole nitrogens is 1. The molecule has 1 aliphatic rings. The summed E-state index contributed by atoms with van der Waals surface area (Å²) in [6.07, 6.45) is 2.19. The minimum atomic E-state index is 1.17. The molecular weight excluding hydrogens is 354 g/mol. The van der Waals surface area contributed by atoms with E-state index in [2.05, 4.69) is 112 Å². The number of hydrogen-bond donors (Lipinski definition) is 1. The monoisotopic (exact) mass is 371 g/mol. The van der Waals surface area contributed by atoms with Crippen molar-refractivity contribution in [3.8, 4) is 5.69 Å². The summed E-state index contributed by atoms with van der Waals surface area (Å²) in [7, 11) is 0. The first-order valence-corrected chi connectivity index (χ1v) is 9.89. The lowest BCUT2D eigenvalue weighted by Gasteiger charge is -2.33. The van der Waals surface area contributed by atoms with E-state index in [4.69, 9.17) is 0 Å². The maximum absolute atomic E-state index is 3.69. The van der Waals surface area contributed by atoms with Crippen molar-refractivity contribution in [2.45, 2.75) is 0 Å². The number of anilines is 3. The van der Waals surface area contributed by atoms with E-state index < -0.39 is 0 Å². The van der Waals surface area contributed by atoms with E-state index >= 15 is 0 Å². The lowest BCUT2D eigenvalue weighted by molar-refractivity contribution is 1.08. The SMILES string of the molecule is c1ccc(N2c3ccc4c([nH]c5ccccc54)c3-n3ccc4cccc2c43)cc1. The first-order chi connectivity index (χ1) is 14.4. The Morgan fingerprint density at radius 1 is 0.621 bits per heavy atom. The van der Waals surface area contributed by atoms with E-state index in [0.29, 0.717) is 0 Å². The molecule has 0 radical (unpaired) electrons. The van der Waals surface area contributed by atoms with Crippen LogP contribution >= 0.6 is 0 Å². The van der Waals surface area contributed by atoms with E-state index in [9.17, 15) is 0 Å². The third kappa shape index (κ3) is 1.87. The summed E-state index contributed by atoms with van der Waals surface area (Å²) in [5.74, 6) is 0. The summed E-state index contributed by atoms with van der Waals surface area (Å²) in [6, 6.07) is 32.4. The molecule has 0 fully saturated rings. The zero-order valence-corrected chi connectivity index (χ0v) is 15.6. The molecule has 4 aromatic carbocycles. The molecule has 0 saturated carbocycles. The zero-order valence-electron chi connectivity index (χ0n) is 15.6. The summed E-state index contributed by atoms with van der Waals surface area (Å²) in [4.78, 5) is 6.07. The second kappa shape index (κ2) is 5.30. The molecular formula is C26H17N3. The van der Waals surface area contributed by atoms with Gasteiger partial charge in [0.05, 0.1) is 28.1 Å². The minimum Gasteiger partial charge on any atom is -0.353 e. The number of para-hydroxylation sites is 3. The Bertz CT molecular complexity index is 1550. The molecule has 0 bridgehead atoms. The van der Waals surface area contributed by atoms with Gasteiger partial charge in [0.1, 0.15) is 0 Å². The van der Waals surface area contributed by atoms with Crippen LogP contribution in [-0.4, -0.2) is 9.55 Å². The van der Waals surface area contributed by atoms with E-state index in [1.54, 1.807) is 0 Å². The van der Waals surface area contributed by atoms with Gasteiger partial charge in [-0.05, 0) is 42.5 Å². The quantitative estimate of drug-likeness (QED) is 0.328. The van der Waals surface area contributed by atoms with Gasteiger partial charge in [-0.25, -0.2) is 0 Å². The largest absolute Gasteiger partial charge is 0.353 e. The predicted molar refractivity (Wildman–Crippen MR) is 121 cm³/mol. The van der Waals surface area contributed by atoms with Crippen molar-refractivity contribution in [1.29, 1.82) is 0 Å². The average molecular weight is 371 g/mol. The van der Waals surface area contributed by atoms with Gasteiger partial charge in [0, 0.05) is 33.6 Å². The molecule has 6 aromatic rings. The van der Waals surface area contributed by atoms with Crippen LogP contribution in [0.4, 0.5) is 17.1 Å². The van der Waals surface area contributed by atoms with Crippen molar-refractivity contribution < 1.29 is 0 Å². The van der Waals surface area contributed by atoms with Gasteiger partial charge < -0.3 is 14.5 Å². The van der Waals surface area contributed by atoms with Gasteiger partial charge in [-0.1, -0.05) is 48.5 Å². The molecule has 136 valence electrons. The molecule has 0 atom stereocenters. The van der Waals surface area contributed by atoms with Gasteiger partial charge in [0.25, 0.3) is 0 Å². The highest BCUT2D eigenvalue weighted by Crippen LogP contribution is 2.49. The molecule has 1 N–H and O–H groups in total. The van der Waals surface area contributed by atoms with Crippen LogP contribution < -0.4 is 4.90 Å². The lowest BCUT2D eigenvalue weighted by Crippen LogP contribution is -2.18. The molecule has 3 heteroatoms. The Hall–Kier alpha value is -3.98. The number of rotatable bonds is 1. The van der Waals surface area contributed by atoms with Crippen molar-refractivity contribution in [3.05, 3.63) is 97.2 Å². The average Bonchev–Trinajstić information content (AvgIpc) is 3.37. The highest BCUT2D eigenvalue weighted by molar-refractivity contribution is 6.15. The van der Waals surface area contributed by atoms with Crippen molar-refractivity contribution in [1.82, 2.24) is 9.55 Å². The zero-order chi connectivity index (χ0) is 18.9. The van der Waals surface area contributed by atoms with Crippen LogP contribution in [0.2, 0.25) is 0 Å². The van der Waals surface area contributed by atoms with Crippen molar-refractivity contribution in [2.75, 3.05) is 4.90 Å². The maximum atomic E-state index is 3.69. The molecule has 0 aliphatic carbocycles. The fourth-order valence-electron chi connectivity index (χ4n) is 4.84. The number of hydrogen-bond acceptors (Lipinski definition) is 1. The number of aromatic nitrogens is 2. The van der Waals surface area contributed by atoms with Gasteiger partial charge in [-0.15, -0.1) is 0 Å². The van der Waals surface area contributed by atoms with Crippen LogP contribution in [0.25, 0.3) is 38.4 Å². The molecule has 29 heavy (non-hydrogen) atoms. The fourth-order valence-corrected chi connectivity index (χ4v) is 4.84. The smallest absolute Gasteiger partial charge is 0.0943 e. The maximum Gasteiger partial charge on any atom is 0.0943 e. The molecule has 3 heterocycles. The normalized spacial score (nSPS) is 12.8.